The second-order valence-electron chi connectivity index (χ2n) is 9.38. The molecule has 0 saturated heterocycles. The summed E-state index contributed by atoms with van der Waals surface area (Å²) < 4.78 is 11.5. The lowest BCUT2D eigenvalue weighted by atomic mass is 9.91. The lowest BCUT2D eigenvalue weighted by Gasteiger charge is -2.18. The van der Waals surface area contributed by atoms with E-state index in [1.54, 1.807) is 12.1 Å². The molecule has 0 aliphatic heterocycles. The van der Waals surface area contributed by atoms with Gasteiger partial charge >= 0.3 is 5.97 Å². The molecule has 0 unspecified atom stereocenters. The summed E-state index contributed by atoms with van der Waals surface area (Å²) in [4.78, 5) is 26.4. The first-order valence-corrected chi connectivity index (χ1v) is 12.9. The number of hydrogen-bond acceptors (Lipinski definition) is 5. The van der Waals surface area contributed by atoms with Crippen molar-refractivity contribution in [1.29, 1.82) is 0 Å². The summed E-state index contributed by atoms with van der Waals surface area (Å²) in [5.74, 6) is 0.0607. The fourth-order valence-electron chi connectivity index (χ4n) is 4.89. The number of furan rings is 1. The van der Waals surface area contributed by atoms with Crippen molar-refractivity contribution >= 4 is 17.6 Å². The maximum absolute atomic E-state index is 13.4. The summed E-state index contributed by atoms with van der Waals surface area (Å²) in [5.41, 5.74) is 7.89. The number of rotatable bonds is 7. The SMILES string of the molecule is CCc1ccc(OC(=O)c2oc3c(c2C)/C(=N/NC(=O)C(c2ccccc2)c2ccccc2)CCC3)cc1. The molecule has 5 rings (SSSR count). The Morgan fingerprint density at radius 2 is 1.55 bits per heavy atom. The first-order valence-electron chi connectivity index (χ1n) is 12.9. The van der Waals surface area contributed by atoms with Crippen LogP contribution in [0.25, 0.3) is 0 Å². The van der Waals surface area contributed by atoms with E-state index in [2.05, 4.69) is 17.5 Å². The summed E-state index contributed by atoms with van der Waals surface area (Å²) in [6, 6.07) is 26.8. The third-order valence-electron chi connectivity index (χ3n) is 6.88. The molecule has 0 spiro atoms. The van der Waals surface area contributed by atoms with Crippen molar-refractivity contribution in [3.8, 4) is 5.75 Å². The number of carbonyl (C=O) groups excluding carboxylic acids is 2. The topological polar surface area (TPSA) is 80.9 Å². The zero-order valence-electron chi connectivity index (χ0n) is 21.6. The van der Waals surface area contributed by atoms with Crippen LogP contribution < -0.4 is 10.2 Å². The highest BCUT2D eigenvalue weighted by Gasteiger charge is 2.30. The van der Waals surface area contributed by atoms with Crippen LogP contribution in [-0.4, -0.2) is 17.6 Å². The third-order valence-corrected chi connectivity index (χ3v) is 6.88. The van der Waals surface area contributed by atoms with Crippen molar-refractivity contribution in [1.82, 2.24) is 5.43 Å². The number of esters is 1. The standard InChI is InChI=1S/C32H30N2O4/c1-3-22-17-19-25(20-18-22)37-32(36)30-21(2)28-26(15-10-16-27(28)38-30)33-34-31(35)29(23-11-6-4-7-12-23)24-13-8-5-9-14-24/h4-9,11-14,17-20,29H,3,10,15-16H2,1-2H3,(H,34,35)/b33-26+. The molecule has 38 heavy (non-hydrogen) atoms. The van der Waals surface area contributed by atoms with Crippen molar-refractivity contribution in [2.75, 3.05) is 0 Å². The van der Waals surface area contributed by atoms with Gasteiger partial charge in [-0.25, -0.2) is 10.2 Å². The highest BCUT2D eigenvalue weighted by molar-refractivity contribution is 6.06. The fourth-order valence-corrected chi connectivity index (χ4v) is 4.89. The van der Waals surface area contributed by atoms with Gasteiger partial charge in [0.05, 0.1) is 11.6 Å². The van der Waals surface area contributed by atoms with E-state index in [1.807, 2.05) is 79.7 Å². The number of nitrogens with one attached hydrogen (secondary N) is 1. The van der Waals surface area contributed by atoms with Crippen molar-refractivity contribution in [3.05, 3.63) is 124 Å². The van der Waals surface area contributed by atoms with Gasteiger partial charge in [0.2, 0.25) is 5.76 Å². The maximum atomic E-state index is 13.4. The fraction of sp³-hybridized carbons (Fsp3) is 0.219. The van der Waals surface area contributed by atoms with E-state index in [0.717, 1.165) is 29.5 Å². The van der Waals surface area contributed by atoms with E-state index in [4.69, 9.17) is 9.15 Å². The van der Waals surface area contributed by atoms with Crippen LogP contribution in [0.2, 0.25) is 0 Å². The second kappa shape index (κ2) is 11.3. The van der Waals surface area contributed by atoms with Gasteiger partial charge in [0.15, 0.2) is 0 Å². The van der Waals surface area contributed by atoms with Crippen LogP contribution in [0.4, 0.5) is 0 Å². The van der Waals surface area contributed by atoms with Crippen LogP contribution in [0.15, 0.2) is 94.4 Å². The van der Waals surface area contributed by atoms with Gasteiger partial charge in [0.1, 0.15) is 11.5 Å². The van der Waals surface area contributed by atoms with E-state index < -0.39 is 11.9 Å². The number of hydrogen-bond donors (Lipinski definition) is 1. The number of aryl methyl sites for hydroxylation is 2. The minimum atomic E-state index is -0.544. The smallest absolute Gasteiger partial charge is 0.379 e. The van der Waals surface area contributed by atoms with Crippen LogP contribution >= 0.6 is 0 Å². The summed E-state index contributed by atoms with van der Waals surface area (Å²) in [6.45, 7) is 3.90. The van der Waals surface area contributed by atoms with Gasteiger partial charge in [-0.2, -0.15) is 5.10 Å². The lowest BCUT2D eigenvalue weighted by Crippen LogP contribution is -2.28. The Labute approximate surface area is 222 Å². The molecule has 1 aliphatic carbocycles. The maximum Gasteiger partial charge on any atom is 0.379 e. The Morgan fingerprint density at radius 3 is 2.16 bits per heavy atom. The quantitative estimate of drug-likeness (QED) is 0.180. The van der Waals surface area contributed by atoms with Crippen LogP contribution in [0.1, 0.15) is 69.8 Å². The summed E-state index contributed by atoms with van der Waals surface area (Å²) in [7, 11) is 0. The van der Waals surface area contributed by atoms with Crippen LogP contribution in [0.3, 0.4) is 0 Å². The number of hydrazone groups is 1. The molecule has 0 bridgehead atoms. The molecule has 0 radical (unpaired) electrons. The Kier molecular flexibility index (Phi) is 7.50. The average Bonchev–Trinajstić information content (AvgIpc) is 3.30. The molecule has 1 heterocycles. The number of fused-ring (bicyclic) bond motifs is 1. The van der Waals surface area contributed by atoms with Crippen molar-refractivity contribution in [2.45, 2.75) is 45.4 Å². The number of nitrogens with zero attached hydrogens (tertiary/aromatic N) is 1. The lowest BCUT2D eigenvalue weighted by molar-refractivity contribution is -0.121. The Morgan fingerprint density at radius 1 is 0.921 bits per heavy atom. The summed E-state index contributed by atoms with van der Waals surface area (Å²) >= 11 is 0. The Hall–Kier alpha value is -4.45. The van der Waals surface area contributed by atoms with Gasteiger partial charge in [0.25, 0.3) is 5.91 Å². The predicted molar refractivity (Wildman–Crippen MR) is 147 cm³/mol. The van der Waals surface area contributed by atoms with Crippen LogP contribution in [-0.2, 0) is 17.6 Å². The number of ether oxygens (including phenoxy) is 1. The van der Waals surface area contributed by atoms with Crippen molar-refractivity contribution in [3.63, 3.8) is 0 Å². The molecule has 4 aromatic rings. The molecule has 0 fully saturated rings. The van der Waals surface area contributed by atoms with E-state index in [9.17, 15) is 9.59 Å². The van der Waals surface area contributed by atoms with Gasteiger partial charge < -0.3 is 9.15 Å². The predicted octanol–water partition coefficient (Wildman–Crippen LogP) is 6.36. The van der Waals surface area contributed by atoms with Crippen LogP contribution in [0.5, 0.6) is 5.75 Å². The molecule has 3 aromatic carbocycles. The Balaban J connectivity index is 1.38. The van der Waals surface area contributed by atoms with Gasteiger partial charge in [-0.1, -0.05) is 79.7 Å². The van der Waals surface area contributed by atoms with E-state index in [-0.39, 0.29) is 11.7 Å². The monoisotopic (exact) mass is 506 g/mol. The molecule has 0 saturated carbocycles. The zero-order valence-corrected chi connectivity index (χ0v) is 21.6. The molecular formula is C32H30N2O4. The number of carbonyl (C=O) groups is 2. The summed E-state index contributed by atoms with van der Waals surface area (Å²) in [5, 5.41) is 4.54. The second-order valence-corrected chi connectivity index (χ2v) is 9.38. The summed E-state index contributed by atoms with van der Waals surface area (Å²) in [6.07, 6.45) is 3.08. The minimum Gasteiger partial charge on any atom is -0.453 e. The molecular weight excluding hydrogens is 476 g/mol. The Bertz CT molecular complexity index is 1420. The highest BCUT2D eigenvalue weighted by Crippen LogP contribution is 2.31. The van der Waals surface area contributed by atoms with Crippen molar-refractivity contribution in [2.24, 2.45) is 5.10 Å². The van der Waals surface area contributed by atoms with Gasteiger partial charge in [-0.3, -0.25) is 4.79 Å². The average molecular weight is 507 g/mol. The molecule has 0 atom stereocenters. The number of amides is 1. The molecule has 6 nitrogen and oxygen atoms in total. The molecule has 192 valence electrons. The third kappa shape index (κ3) is 5.30. The number of benzene rings is 3. The van der Waals surface area contributed by atoms with Gasteiger partial charge in [0, 0.05) is 17.5 Å². The molecule has 1 aromatic heterocycles. The largest absolute Gasteiger partial charge is 0.453 e. The van der Waals surface area contributed by atoms with E-state index in [0.29, 0.717) is 35.6 Å². The first-order chi connectivity index (χ1) is 18.5. The highest BCUT2D eigenvalue weighted by atomic mass is 16.5. The molecule has 6 heteroatoms. The van der Waals surface area contributed by atoms with Crippen LogP contribution in [0, 0.1) is 6.92 Å². The first kappa shape index (κ1) is 25.2. The normalized spacial score (nSPS) is 13.8. The van der Waals surface area contributed by atoms with Crippen molar-refractivity contribution < 1.29 is 18.7 Å². The van der Waals surface area contributed by atoms with Gasteiger partial charge in [-0.15, -0.1) is 0 Å². The molecule has 1 N–H and O–H groups in total. The minimum absolute atomic E-state index is 0.168. The van der Waals surface area contributed by atoms with Gasteiger partial charge in [-0.05, 0) is 55.0 Å². The van der Waals surface area contributed by atoms with E-state index >= 15 is 0 Å². The molecule has 1 amide bonds. The zero-order chi connectivity index (χ0) is 26.5. The molecule has 1 aliphatic rings. The van der Waals surface area contributed by atoms with E-state index in [1.165, 1.54) is 5.56 Å².